The molecule has 1 aromatic carbocycles. The Balaban J connectivity index is 0.000000357. The first-order valence-electron chi connectivity index (χ1n) is 5.27. The normalized spacial score (nSPS) is 9.50. The Morgan fingerprint density at radius 1 is 1.50 bits per heavy atom. The molecule has 0 aliphatic rings. The van der Waals surface area contributed by atoms with E-state index >= 15 is 0 Å². The number of rotatable bonds is 2. The van der Waals surface area contributed by atoms with E-state index in [2.05, 4.69) is 15.4 Å². The van der Waals surface area contributed by atoms with E-state index in [9.17, 15) is 0 Å². The SMILES string of the molecule is CC(=O)O.CCc1nnn(-c2cccc(Cl)c2)n1. The molecular formula is C11H13ClN4O2. The summed E-state index contributed by atoms with van der Waals surface area (Å²) in [6.45, 7) is 3.07. The number of carboxylic acid groups (broad SMARTS) is 1. The summed E-state index contributed by atoms with van der Waals surface area (Å²) in [4.78, 5) is 10.5. The van der Waals surface area contributed by atoms with Crippen molar-refractivity contribution in [2.45, 2.75) is 20.3 Å². The number of hydrogen-bond acceptors (Lipinski definition) is 4. The van der Waals surface area contributed by atoms with Crippen LogP contribution in [0.4, 0.5) is 0 Å². The number of benzene rings is 1. The Morgan fingerprint density at radius 3 is 2.67 bits per heavy atom. The summed E-state index contributed by atoms with van der Waals surface area (Å²) in [5.41, 5.74) is 0.824. The molecule has 0 unspecified atom stereocenters. The largest absolute Gasteiger partial charge is 0.481 e. The molecule has 0 amide bonds. The zero-order valence-electron chi connectivity index (χ0n) is 10.0. The summed E-state index contributed by atoms with van der Waals surface area (Å²) < 4.78 is 0. The molecule has 18 heavy (non-hydrogen) atoms. The highest BCUT2D eigenvalue weighted by Crippen LogP contribution is 2.12. The number of aromatic nitrogens is 4. The Kier molecular flexibility index (Phi) is 5.26. The van der Waals surface area contributed by atoms with Crippen LogP contribution in [0.25, 0.3) is 5.69 Å². The second-order valence-corrected chi connectivity index (χ2v) is 3.78. The van der Waals surface area contributed by atoms with Gasteiger partial charge in [0.2, 0.25) is 0 Å². The van der Waals surface area contributed by atoms with E-state index < -0.39 is 5.97 Å². The Morgan fingerprint density at radius 2 is 2.17 bits per heavy atom. The van der Waals surface area contributed by atoms with Gasteiger partial charge in [0.05, 0.1) is 5.69 Å². The van der Waals surface area contributed by atoms with Gasteiger partial charge < -0.3 is 5.11 Å². The van der Waals surface area contributed by atoms with Gasteiger partial charge in [-0.15, -0.1) is 15.0 Å². The summed E-state index contributed by atoms with van der Waals surface area (Å²) in [6, 6.07) is 7.34. The van der Waals surface area contributed by atoms with Crippen LogP contribution in [-0.2, 0) is 11.2 Å². The number of nitrogens with zero attached hydrogens (tertiary/aromatic N) is 4. The number of halogens is 1. The maximum atomic E-state index is 9.00. The number of carboxylic acids is 1. The first kappa shape index (κ1) is 14.1. The molecule has 1 heterocycles. The van der Waals surface area contributed by atoms with Crippen LogP contribution >= 0.6 is 11.6 Å². The second kappa shape index (κ2) is 6.70. The van der Waals surface area contributed by atoms with Gasteiger partial charge in [-0.05, 0) is 23.4 Å². The number of hydrogen-bond donors (Lipinski definition) is 1. The first-order valence-corrected chi connectivity index (χ1v) is 5.65. The topological polar surface area (TPSA) is 80.9 Å². The minimum absolute atomic E-state index is 0.665. The van der Waals surface area contributed by atoms with Crippen LogP contribution in [0, 0.1) is 0 Å². The molecule has 0 radical (unpaired) electrons. The number of tetrazole rings is 1. The molecule has 0 aliphatic carbocycles. The highest BCUT2D eigenvalue weighted by atomic mass is 35.5. The third kappa shape index (κ3) is 4.50. The second-order valence-electron chi connectivity index (χ2n) is 3.35. The molecule has 0 fully saturated rings. The van der Waals surface area contributed by atoms with Crippen molar-refractivity contribution in [3.05, 3.63) is 35.1 Å². The quantitative estimate of drug-likeness (QED) is 0.900. The van der Waals surface area contributed by atoms with Crippen molar-refractivity contribution in [2.75, 3.05) is 0 Å². The van der Waals surface area contributed by atoms with E-state index in [0.717, 1.165) is 24.9 Å². The molecular weight excluding hydrogens is 256 g/mol. The van der Waals surface area contributed by atoms with Crippen LogP contribution in [0.2, 0.25) is 5.02 Å². The van der Waals surface area contributed by atoms with E-state index in [1.165, 1.54) is 4.80 Å². The van der Waals surface area contributed by atoms with Crippen LogP contribution in [0.3, 0.4) is 0 Å². The zero-order chi connectivity index (χ0) is 13.5. The molecule has 0 saturated heterocycles. The van der Waals surface area contributed by atoms with Crippen LogP contribution in [0.5, 0.6) is 0 Å². The lowest BCUT2D eigenvalue weighted by molar-refractivity contribution is -0.134. The minimum Gasteiger partial charge on any atom is -0.481 e. The van der Waals surface area contributed by atoms with E-state index in [0.29, 0.717) is 5.02 Å². The molecule has 96 valence electrons. The highest BCUT2D eigenvalue weighted by molar-refractivity contribution is 6.30. The average molecular weight is 269 g/mol. The fourth-order valence-corrected chi connectivity index (χ4v) is 1.28. The van der Waals surface area contributed by atoms with Crippen molar-refractivity contribution in [1.82, 2.24) is 20.2 Å². The average Bonchev–Trinajstić information content (AvgIpc) is 2.76. The van der Waals surface area contributed by atoms with Gasteiger partial charge in [0.1, 0.15) is 0 Å². The predicted molar refractivity (Wildman–Crippen MR) is 66.9 cm³/mol. The molecule has 0 atom stereocenters. The van der Waals surface area contributed by atoms with Crippen molar-refractivity contribution >= 4 is 17.6 Å². The fraction of sp³-hybridized carbons (Fsp3) is 0.273. The fourth-order valence-electron chi connectivity index (χ4n) is 1.09. The van der Waals surface area contributed by atoms with Gasteiger partial charge in [0.15, 0.2) is 5.82 Å². The van der Waals surface area contributed by atoms with Crippen LogP contribution in [0.1, 0.15) is 19.7 Å². The molecule has 0 bridgehead atoms. The maximum Gasteiger partial charge on any atom is 0.300 e. The predicted octanol–water partition coefficient (Wildman–Crippen LogP) is 1.97. The molecule has 2 aromatic rings. The van der Waals surface area contributed by atoms with Crippen molar-refractivity contribution < 1.29 is 9.90 Å². The lowest BCUT2D eigenvalue weighted by atomic mass is 10.3. The van der Waals surface area contributed by atoms with E-state index in [-0.39, 0.29) is 0 Å². The summed E-state index contributed by atoms with van der Waals surface area (Å²) in [7, 11) is 0. The first-order chi connectivity index (χ1) is 8.52. The van der Waals surface area contributed by atoms with Gasteiger partial charge in [-0.1, -0.05) is 24.6 Å². The van der Waals surface area contributed by atoms with Crippen LogP contribution < -0.4 is 0 Å². The van der Waals surface area contributed by atoms with E-state index in [1.807, 2.05) is 25.1 Å². The number of aliphatic carboxylic acids is 1. The lowest BCUT2D eigenvalue weighted by Crippen LogP contribution is -1.98. The standard InChI is InChI=1S/C9H9ClN4.C2H4O2/c1-2-9-11-13-14(12-9)8-5-3-4-7(10)6-8;1-2(3)4/h3-6H,2H2,1H3;1H3,(H,3,4). The lowest BCUT2D eigenvalue weighted by Gasteiger charge is -1.97. The highest BCUT2D eigenvalue weighted by Gasteiger charge is 2.02. The van der Waals surface area contributed by atoms with Gasteiger partial charge >= 0.3 is 0 Å². The van der Waals surface area contributed by atoms with Crippen molar-refractivity contribution in [3.8, 4) is 5.69 Å². The Hall–Kier alpha value is -1.95. The van der Waals surface area contributed by atoms with E-state index in [1.54, 1.807) is 6.07 Å². The van der Waals surface area contributed by atoms with Crippen molar-refractivity contribution in [1.29, 1.82) is 0 Å². The van der Waals surface area contributed by atoms with Crippen LogP contribution in [-0.4, -0.2) is 31.3 Å². The van der Waals surface area contributed by atoms with Crippen LogP contribution in [0.15, 0.2) is 24.3 Å². The Bertz CT molecular complexity index is 523. The van der Waals surface area contributed by atoms with Gasteiger partial charge in [0.25, 0.3) is 5.97 Å². The third-order valence-electron chi connectivity index (χ3n) is 1.81. The van der Waals surface area contributed by atoms with E-state index in [4.69, 9.17) is 21.5 Å². The smallest absolute Gasteiger partial charge is 0.300 e. The summed E-state index contributed by atoms with van der Waals surface area (Å²) >= 11 is 5.85. The zero-order valence-corrected chi connectivity index (χ0v) is 10.8. The van der Waals surface area contributed by atoms with Crippen molar-refractivity contribution in [3.63, 3.8) is 0 Å². The summed E-state index contributed by atoms with van der Waals surface area (Å²) in [6.07, 6.45) is 0.778. The molecule has 2 rings (SSSR count). The molecule has 1 aromatic heterocycles. The summed E-state index contributed by atoms with van der Waals surface area (Å²) in [5, 5.41) is 20.1. The molecule has 1 N–H and O–H groups in total. The Labute approximate surface area is 109 Å². The summed E-state index contributed by atoms with van der Waals surface area (Å²) in [5.74, 6) is -0.107. The minimum atomic E-state index is -0.833. The van der Waals surface area contributed by atoms with Gasteiger partial charge in [0, 0.05) is 18.4 Å². The monoisotopic (exact) mass is 268 g/mol. The molecule has 0 saturated carbocycles. The van der Waals surface area contributed by atoms with Gasteiger partial charge in [-0.2, -0.15) is 0 Å². The third-order valence-corrected chi connectivity index (χ3v) is 2.05. The molecule has 6 nitrogen and oxygen atoms in total. The molecule has 0 aliphatic heterocycles. The molecule has 7 heteroatoms. The molecule has 0 spiro atoms. The van der Waals surface area contributed by atoms with Crippen molar-refractivity contribution in [2.24, 2.45) is 0 Å². The number of aryl methyl sites for hydroxylation is 1. The maximum absolute atomic E-state index is 9.00. The van der Waals surface area contributed by atoms with Gasteiger partial charge in [-0.3, -0.25) is 4.79 Å². The van der Waals surface area contributed by atoms with Gasteiger partial charge in [-0.25, -0.2) is 0 Å². The number of carbonyl (C=O) groups is 1.